The van der Waals surface area contributed by atoms with Gasteiger partial charge in [-0.2, -0.15) is 0 Å². The topological polar surface area (TPSA) is 67.3 Å². The van der Waals surface area contributed by atoms with E-state index in [2.05, 4.69) is 32.3 Å². The number of ether oxygens (including phenoxy) is 1. The molecule has 1 aliphatic heterocycles. The molecule has 1 aromatic heterocycles. The van der Waals surface area contributed by atoms with E-state index >= 15 is 0 Å². The quantitative estimate of drug-likeness (QED) is 0.933. The van der Waals surface area contributed by atoms with Gasteiger partial charge in [-0.05, 0) is 50.1 Å². The maximum Gasteiger partial charge on any atom is 0.270 e. The molecule has 1 fully saturated rings. The first-order valence-corrected chi connectivity index (χ1v) is 8.14. The molecule has 6 nitrogen and oxygen atoms in total. The first kappa shape index (κ1) is 16.2. The molecule has 2 heterocycles. The van der Waals surface area contributed by atoms with Crippen LogP contribution in [0.4, 0.5) is 5.69 Å². The Morgan fingerprint density at radius 3 is 2.54 bits per heavy atom. The Bertz CT molecular complexity index is 694. The number of rotatable bonds is 4. The third kappa shape index (κ3) is 3.82. The zero-order valence-electron chi connectivity index (χ0n) is 14.0. The van der Waals surface area contributed by atoms with Gasteiger partial charge in [-0.1, -0.05) is 0 Å². The SMILES string of the molecule is COc1ccc(N2CCC(NC(=O)c3cc(C)ncn3)CC2)cc1. The summed E-state index contributed by atoms with van der Waals surface area (Å²) in [5, 5.41) is 3.08. The molecule has 24 heavy (non-hydrogen) atoms. The lowest BCUT2D eigenvalue weighted by Crippen LogP contribution is -2.44. The van der Waals surface area contributed by atoms with Crippen LogP contribution in [0.1, 0.15) is 29.0 Å². The Balaban J connectivity index is 1.54. The summed E-state index contributed by atoms with van der Waals surface area (Å²) in [5.74, 6) is 0.740. The molecule has 1 N–H and O–H groups in total. The van der Waals surface area contributed by atoms with E-state index in [1.54, 1.807) is 13.2 Å². The lowest BCUT2D eigenvalue weighted by Gasteiger charge is -2.34. The van der Waals surface area contributed by atoms with E-state index in [4.69, 9.17) is 4.74 Å². The molecular formula is C18H22N4O2. The van der Waals surface area contributed by atoms with Gasteiger partial charge in [0.15, 0.2) is 0 Å². The highest BCUT2D eigenvalue weighted by Gasteiger charge is 2.22. The molecule has 1 aliphatic rings. The van der Waals surface area contributed by atoms with Gasteiger partial charge in [0.05, 0.1) is 7.11 Å². The molecule has 1 saturated heterocycles. The number of anilines is 1. The van der Waals surface area contributed by atoms with Crippen molar-refractivity contribution in [1.82, 2.24) is 15.3 Å². The number of hydrogen-bond acceptors (Lipinski definition) is 5. The Hall–Kier alpha value is -2.63. The Kier molecular flexibility index (Phi) is 4.93. The smallest absolute Gasteiger partial charge is 0.270 e. The van der Waals surface area contributed by atoms with E-state index in [0.29, 0.717) is 5.69 Å². The molecule has 0 spiro atoms. The third-order valence-electron chi connectivity index (χ3n) is 4.30. The van der Waals surface area contributed by atoms with Gasteiger partial charge in [0.2, 0.25) is 0 Å². The lowest BCUT2D eigenvalue weighted by molar-refractivity contribution is 0.0925. The molecule has 0 radical (unpaired) electrons. The van der Waals surface area contributed by atoms with E-state index in [0.717, 1.165) is 37.4 Å². The van der Waals surface area contributed by atoms with Gasteiger partial charge < -0.3 is 15.0 Å². The van der Waals surface area contributed by atoms with Crippen molar-refractivity contribution in [2.24, 2.45) is 0 Å². The molecule has 6 heteroatoms. The second kappa shape index (κ2) is 7.29. The van der Waals surface area contributed by atoms with Gasteiger partial charge in [-0.3, -0.25) is 4.79 Å². The molecule has 1 amide bonds. The number of amides is 1. The summed E-state index contributed by atoms with van der Waals surface area (Å²) in [6.45, 7) is 3.69. The minimum Gasteiger partial charge on any atom is -0.497 e. The standard InChI is InChI=1S/C18H22N4O2/c1-13-11-17(20-12-19-13)18(23)21-14-7-9-22(10-8-14)15-3-5-16(24-2)6-4-15/h3-6,11-12,14H,7-10H2,1-2H3,(H,21,23). The van der Waals surface area contributed by atoms with Crippen molar-refractivity contribution in [2.45, 2.75) is 25.8 Å². The van der Waals surface area contributed by atoms with Crippen molar-refractivity contribution < 1.29 is 9.53 Å². The first-order valence-electron chi connectivity index (χ1n) is 8.14. The highest BCUT2D eigenvalue weighted by atomic mass is 16.5. The number of carbonyl (C=O) groups excluding carboxylic acids is 1. The van der Waals surface area contributed by atoms with Crippen LogP contribution in [0.15, 0.2) is 36.7 Å². The number of aromatic nitrogens is 2. The Labute approximate surface area is 141 Å². The largest absolute Gasteiger partial charge is 0.497 e. The molecule has 3 rings (SSSR count). The van der Waals surface area contributed by atoms with Crippen LogP contribution in [-0.2, 0) is 0 Å². The minimum absolute atomic E-state index is 0.122. The summed E-state index contributed by atoms with van der Waals surface area (Å²) in [7, 11) is 1.67. The second-order valence-electron chi connectivity index (χ2n) is 5.98. The third-order valence-corrected chi connectivity index (χ3v) is 4.30. The molecule has 1 aromatic carbocycles. The van der Waals surface area contributed by atoms with Gasteiger partial charge in [-0.25, -0.2) is 9.97 Å². The van der Waals surface area contributed by atoms with Crippen LogP contribution in [-0.4, -0.2) is 42.1 Å². The number of nitrogens with zero attached hydrogens (tertiary/aromatic N) is 3. The van der Waals surface area contributed by atoms with Crippen molar-refractivity contribution >= 4 is 11.6 Å². The summed E-state index contributed by atoms with van der Waals surface area (Å²) >= 11 is 0. The fourth-order valence-corrected chi connectivity index (χ4v) is 2.91. The minimum atomic E-state index is -0.122. The number of aryl methyl sites for hydroxylation is 1. The normalized spacial score (nSPS) is 15.2. The molecular weight excluding hydrogens is 304 g/mol. The molecule has 0 atom stereocenters. The van der Waals surface area contributed by atoms with Gasteiger partial charge in [0.1, 0.15) is 17.8 Å². The van der Waals surface area contributed by atoms with Crippen LogP contribution in [0.3, 0.4) is 0 Å². The fourth-order valence-electron chi connectivity index (χ4n) is 2.91. The average molecular weight is 326 g/mol. The Morgan fingerprint density at radius 2 is 1.92 bits per heavy atom. The van der Waals surface area contributed by atoms with E-state index in [1.807, 2.05) is 19.1 Å². The predicted molar refractivity (Wildman–Crippen MR) is 92.5 cm³/mol. The van der Waals surface area contributed by atoms with E-state index < -0.39 is 0 Å². The fraction of sp³-hybridized carbons (Fsp3) is 0.389. The summed E-state index contributed by atoms with van der Waals surface area (Å²) in [4.78, 5) is 22.6. The lowest BCUT2D eigenvalue weighted by atomic mass is 10.0. The van der Waals surface area contributed by atoms with Crippen molar-refractivity contribution in [2.75, 3.05) is 25.1 Å². The predicted octanol–water partition coefficient (Wildman–Crippen LogP) is 2.19. The van der Waals surface area contributed by atoms with Gasteiger partial charge >= 0.3 is 0 Å². The number of benzene rings is 1. The van der Waals surface area contributed by atoms with Crippen LogP contribution in [0.2, 0.25) is 0 Å². The molecule has 0 bridgehead atoms. The summed E-state index contributed by atoms with van der Waals surface area (Å²) in [6, 6.07) is 9.98. The summed E-state index contributed by atoms with van der Waals surface area (Å²) in [6.07, 6.45) is 3.26. The van der Waals surface area contributed by atoms with Gasteiger partial charge in [0.25, 0.3) is 5.91 Å². The molecule has 2 aromatic rings. The maximum absolute atomic E-state index is 12.3. The zero-order valence-corrected chi connectivity index (χ0v) is 14.0. The highest BCUT2D eigenvalue weighted by molar-refractivity contribution is 5.92. The van der Waals surface area contributed by atoms with Crippen molar-refractivity contribution in [1.29, 1.82) is 0 Å². The molecule has 0 unspecified atom stereocenters. The first-order chi connectivity index (χ1) is 11.7. The van der Waals surface area contributed by atoms with Crippen molar-refractivity contribution in [3.63, 3.8) is 0 Å². The van der Waals surface area contributed by atoms with Crippen LogP contribution >= 0.6 is 0 Å². The van der Waals surface area contributed by atoms with Crippen LogP contribution in [0, 0.1) is 6.92 Å². The number of hydrogen-bond donors (Lipinski definition) is 1. The second-order valence-corrected chi connectivity index (χ2v) is 5.98. The molecule has 0 aliphatic carbocycles. The van der Waals surface area contributed by atoms with Crippen LogP contribution in [0.25, 0.3) is 0 Å². The molecule has 0 saturated carbocycles. The molecule has 126 valence electrons. The zero-order chi connectivity index (χ0) is 16.9. The summed E-state index contributed by atoms with van der Waals surface area (Å²) in [5.41, 5.74) is 2.41. The monoisotopic (exact) mass is 326 g/mol. The number of piperidine rings is 1. The number of methoxy groups -OCH3 is 1. The number of carbonyl (C=O) groups is 1. The number of nitrogens with one attached hydrogen (secondary N) is 1. The maximum atomic E-state index is 12.3. The van der Waals surface area contributed by atoms with Gasteiger partial charge in [-0.15, -0.1) is 0 Å². The average Bonchev–Trinajstić information content (AvgIpc) is 2.62. The summed E-state index contributed by atoms with van der Waals surface area (Å²) < 4.78 is 5.19. The van der Waals surface area contributed by atoms with Crippen LogP contribution in [0.5, 0.6) is 5.75 Å². The van der Waals surface area contributed by atoms with Crippen molar-refractivity contribution in [3.8, 4) is 5.75 Å². The van der Waals surface area contributed by atoms with Crippen molar-refractivity contribution in [3.05, 3.63) is 48.0 Å². The highest BCUT2D eigenvalue weighted by Crippen LogP contribution is 2.22. The van der Waals surface area contributed by atoms with E-state index in [1.165, 1.54) is 12.0 Å². The van der Waals surface area contributed by atoms with Crippen LogP contribution < -0.4 is 15.0 Å². The Morgan fingerprint density at radius 1 is 1.21 bits per heavy atom. The van der Waals surface area contributed by atoms with E-state index in [9.17, 15) is 4.79 Å². The van der Waals surface area contributed by atoms with E-state index in [-0.39, 0.29) is 11.9 Å². The van der Waals surface area contributed by atoms with Gasteiger partial charge in [0, 0.05) is 30.5 Å².